The maximum absolute atomic E-state index is 13.5. The summed E-state index contributed by atoms with van der Waals surface area (Å²) in [6, 6.07) is 2.42. The normalized spacial score (nSPS) is 48.3. The van der Waals surface area contributed by atoms with E-state index in [1.807, 2.05) is 0 Å². The van der Waals surface area contributed by atoms with E-state index < -0.39 is 24.4 Å². The molecule has 0 unspecified atom stereocenters. The zero-order valence-electron chi connectivity index (χ0n) is 12.9. The van der Waals surface area contributed by atoms with Gasteiger partial charge in [0.15, 0.2) is 5.60 Å². The smallest absolute Gasteiger partial charge is 0.235 e. The monoisotopic (exact) mass is 387 g/mol. The second kappa shape index (κ2) is 5.41. The first kappa shape index (κ1) is 15.8. The van der Waals surface area contributed by atoms with Crippen LogP contribution in [0.15, 0.2) is 11.3 Å². The van der Waals surface area contributed by atoms with Gasteiger partial charge in [-0.25, -0.2) is 14.2 Å². The molecule has 0 aromatic heterocycles. The minimum Gasteiger partial charge on any atom is -0.463 e. The molecule has 3 saturated heterocycles. The second-order valence-electron chi connectivity index (χ2n) is 6.95. The number of hydrogen-bond donors (Lipinski definition) is 0. The Kier molecular flexibility index (Phi) is 3.73. The van der Waals surface area contributed by atoms with Gasteiger partial charge in [-0.05, 0) is 31.8 Å². The molecule has 4 aliphatic heterocycles. The van der Waals surface area contributed by atoms with Crippen molar-refractivity contribution < 1.29 is 23.6 Å². The van der Waals surface area contributed by atoms with Crippen molar-refractivity contribution in [1.82, 2.24) is 0 Å². The molecule has 7 heteroatoms. The van der Waals surface area contributed by atoms with Gasteiger partial charge >= 0.3 is 0 Å². The lowest BCUT2D eigenvalue weighted by atomic mass is 9.59. The molecule has 0 radical (unpaired) electrons. The fourth-order valence-electron chi connectivity index (χ4n) is 4.69. The molecule has 4 heterocycles. The summed E-state index contributed by atoms with van der Waals surface area (Å²) in [7, 11) is 0. The van der Waals surface area contributed by atoms with Gasteiger partial charge in [0.1, 0.15) is 12.4 Å². The molecule has 1 saturated carbocycles. The van der Waals surface area contributed by atoms with Crippen LogP contribution in [-0.2, 0) is 19.2 Å². The van der Waals surface area contributed by atoms with Crippen molar-refractivity contribution in [3.05, 3.63) is 11.3 Å². The molecule has 5 nitrogen and oxygen atoms in total. The van der Waals surface area contributed by atoms with E-state index >= 15 is 0 Å². The molecular formula is C16H19BrFNO4. The molecule has 0 aromatic carbocycles. The summed E-state index contributed by atoms with van der Waals surface area (Å²) < 4.78 is 25.4. The maximum Gasteiger partial charge on any atom is 0.235 e. The summed E-state index contributed by atoms with van der Waals surface area (Å²) in [6.45, 7) is 1.13. The lowest BCUT2D eigenvalue weighted by molar-refractivity contribution is -0.556. The SMILES string of the molecule is C[C@]12CC[C@H]3[C@H](C#N)CC[C@H]4C(CBr)=C(CF)O[C@H](O1)[C@]43OO2. The lowest BCUT2D eigenvalue weighted by Gasteiger charge is -2.56. The van der Waals surface area contributed by atoms with Crippen molar-refractivity contribution in [3.8, 4) is 6.07 Å². The van der Waals surface area contributed by atoms with Gasteiger partial charge in [0.25, 0.3) is 0 Å². The van der Waals surface area contributed by atoms with Crippen LogP contribution in [0.4, 0.5) is 4.39 Å². The Labute approximate surface area is 142 Å². The first-order valence-corrected chi connectivity index (χ1v) is 9.15. The molecule has 0 aromatic rings. The summed E-state index contributed by atoms with van der Waals surface area (Å²) in [6.07, 6.45) is 2.17. The van der Waals surface area contributed by atoms with Crippen molar-refractivity contribution in [2.75, 3.05) is 12.0 Å². The number of halogens is 2. The van der Waals surface area contributed by atoms with Gasteiger partial charge in [-0.15, -0.1) is 0 Å². The van der Waals surface area contributed by atoms with Gasteiger partial charge < -0.3 is 9.47 Å². The molecule has 0 amide bonds. The fourth-order valence-corrected chi connectivity index (χ4v) is 5.39. The number of fused-ring (bicyclic) bond motifs is 2. The third kappa shape index (κ3) is 2.05. The Morgan fingerprint density at radius 2 is 2.17 bits per heavy atom. The third-order valence-electron chi connectivity index (χ3n) is 5.83. The van der Waals surface area contributed by atoms with Crippen LogP contribution in [0, 0.1) is 29.1 Å². The van der Waals surface area contributed by atoms with Gasteiger partial charge in [0.2, 0.25) is 12.1 Å². The minimum atomic E-state index is -0.912. The van der Waals surface area contributed by atoms with E-state index in [1.54, 1.807) is 6.92 Å². The van der Waals surface area contributed by atoms with Crippen LogP contribution in [0.2, 0.25) is 0 Å². The highest BCUT2D eigenvalue weighted by molar-refractivity contribution is 9.09. The molecule has 126 valence electrons. The van der Waals surface area contributed by atoms with E-state index in [9.17, 15) is 9.65 Å². The quantitative estimate of drug-likeness (QED) is 0.536. The molecule has 1 aliphatic carbocycles. The number of allylic oxidation sites excluding steroid dienone is 1. The Morgan fingerprint density at radius 3 is 2.87 bits per heavy atom. The number of nitriles is 1. The highest BCUT2D eigenvalue weighted by Gasteiger charge is 2.69. The molecule has 1 spiro atoms. The maximum atomic E-state index is 13.5. The molecule has 5 aliphatic rings. The van der Waals surface area contributed by atoms with Crippen LogP contribution in [-0.4, -0.2) is 29.7 Å². The minimum absolute atomic E-state index is 0.0456. The molecule has 6 atom stereocenters. The Hall–Kier alpha value is -0.680. The van der Waals surface area contributed by atoms with Crippen molar-refractivity contribution in [1.29, 1.82) is 5.26 Å². The summed E-state index contributed by atoms with van der Waals surface area (Å²) >= 11 is 3.46. The highest BCUT2D eigenvalue weighted by Crippen LogP contribution is 2.60. The second-order valence-corrected chi connectivity index (χ2v) is 7.51. The molecule has 2 bridgehead atoms. The number of ether oxygens (including phenoxy) is 2. The van der Waals surface area contributed by atoms with E-state index in [-0.39, 0.29) is 17.8 Å². The number of hydrogen-bond acceptors (Lipinski definition) is 5. The molecule has 4 fully saturated rings. The highest BCUT2D eigenvalue weighted by atomic mass is 79.9. The van der Waals surface area contributed by atoms with Gasteiger partial charge in [0, 0.05) is 23.6 Å². The van der Waals surface area contributed by atoms with Gasteiger partial charge in [0.05, 0.1) is 12.0 Å². The predicted molar refractivity (Wildman–Crippen MR) is 80.6 cm³/mol. The van der Waals surface area contributed by atoms with Crippen LogP contribution in [0.25, 0.3) is 0 Å². The number of nitrogens with zero attached hydrogens (tertiary/aromatic N) is 1. The number of alkyl halides is 2. The van der Waals surface area contributed by atoms with Crippen LogP contribution in [0.1, 0.15) is 32.6 Å². The third-order valence-corrected chi connectivity index (χ3v) is 6.44. The average molecular weight is 388 g/mol. The van der Waals surface area contributed by atoms with Crippen LogP contribution in [0.3, 0.4) is 0 Å². The zero-order chi connectivity index (χ0) is 16.2. The van der Waals surface area contributed by atoms with Crippen LogP contribution >= 0.6 is 15.9 Å². The molecule has 23 heavy (non-hydrogen) atoms. The van der Waals surface area contributed by atoms with Gasteiger partial charge in [-0.2, -0.15) is 5.26 Å². The summed E-state index contributed by atoms with van der Waals surface area (Å²) in [4.78, 5) is 11.5. The summed E-state index contributed by atoms with van der Waals surface area (Å²) in [5.41, 5.74) is -0.000909. The Balaban J connectivity index is 1.87. The topological polar surface area (TPSA) is 60.7 Å². The standard InChI is InChI=1S/C16H19BrFNO4/c1-15-5-4-11-9(8-19)2-3-12-10(6-17)13(7-18)20-14(21-15)16(11,12)23-22-15/h9,11-12,14H,2-7H2,1H3/t9-,11-,12-,14+,15-,16+/m0/s1. The predicted octanol–water partition coefficient (Wildman–Crippen LogP) is 3.35. The average Bonchev–Trinajstić information content (AvgIpc) is 2.79. The molecule has 5 rings (SSSR count). The fraction of sp³-hybridized carbons (Fsp3) is 0.812. The van der Waals surface area contributed by atoms with Crippen molar-refractivity contribution in [2.45, 2.75) is 50.3 Å². The van der Waals surface area contributed by atoms with E-state index in [2.05, 4.69) is 22.0 Å². The summed E-state index contributed by atoms with van der Waals surface area (Å²) in [5, 5.41) is 10.1. The van der Waals surface area contributed by atoms with E-state index in [0.717, 1.165) is 24.8 Å². The number of rotatable bonds is 2. The first-order chi connectivity index (χ1) is 11.1. The zero-order valence-corrected chi connectivity index (χ0v) is 14.5. The largest absolute Gasteiger partial charge is 0.463 e. The van der Waals surface area contributed by atoms with Crippen LogP contribution in [0.5, 0.6) is 0 Å². The Morgan fingerprint density at radius 1 is 1.35 bits per heavy atom. The Bertz CT molecular complexity index is 593. The van der Waals surface area contributed by atoms with Crippen molar-refractivity contribution >= 4 is 15.9 Å². The van der Waals surface area contributed by atoms with E-state index in [0.29, 0.717) is 17.5 Å². The first-order valence-electron chi connectivity index (χ1n) is 8.02. The summed E-state index contributed by atoms with van der Waals surface area (Å²) in [5.74, 6) is -0.824. The van der Waals surface area contributed by atoms with Crippen molar-refractivity contribution in [2.24, 2.45) is 17.8 Å². The van der Waals surface area contributed by atoms with Gasteiger partial charge in [-0.3, -0.25) is 0 Å². The van der Waals surface area contributed by atoms with Crippen molar-refractivity contribution in [3.63, 3.8) is 0 Å². The molecule has 0 N–H and O–H groups in total. The lowest BCUT2D eigenvalue weighted by Crippen LogP contribution is -2.67. The van der Waals surface area contributed by atoms with E-state index in [1.165, 1.54) is 0 Å². The van der Waals surface area contributed by atoms with Gasteiger partial charge in [-0.1, -0.05) is 15.9 Å². The molecular weight excluding hydrogens is 369 g/mol. The van der Waals surface area contributed by atoms with E-state index in [4.69, 9.17) is 19.2 Å². The van der Waals surface area contributed by atoms with Crippen LogP contribution < -0.4 is 0 Å².